The van der Waals surface area contributed by atoms with E-state index in [1.165, 1.54) is 132 Å². The second kappa shape index (κ2) is 11.5. The van der Waals surface area contributed by atoms with Crippen LogP contribution in [-0.4, -0.2) is 0 Å². The van der Waals surface area contributed by atoms with E-state index in [-0.39, 0.29) is 17.3 Å². The lowest BCUT2D eigenvalue weighted by Gasteiger charge is -2.42. The van der Waals surface area contributed by atoms with Gasteiger partial charge in [-0.25, -0.2) is 0 Å². The molecule has 0 unspecified atom stereocenters. The van der Waals surface area contributed by atoms with Crippen molar-refractivity contribution >= 4 is 0 Å². The number of benzene rings is 8. The van der Waals surface area contributed by atoms with Gasteiger partial charge in [0.2, 0.25) is 0 Å². The van der Waals surface area contributed by atoms with E-state index in [2.05, 4.69) is 170 Å². The van der Waals surface area contributed by atoms with E-state index in [0.717, 1.165) is 0 Å². The summed E-state index contributed by atoms with van der Waals surface area (Å²) in [4.78, 5) is 0. The minimum atomic E-state index is 0.0608. The quantitative estimate of drug-likeness (QED) is 0.166. The second-order valence-electron chi connectivity index (χ2n) is 18.1. The molecule has 0 heteroatoms. The number of rotatable bonds is 2. The van der Waals surface area contributed by atoms with E-state index >= 15 is 0 Å². The fourth-order valence-corrected chi connectivity index (χ4v) is 13.2. The standard InChI is InChI=1S/C58H42/c1-10-28-58(29-11-1)52-32-36(34-22-26-48-50(30-34)56-44-16-6-2-12-40(44)54(48)41-13-3-7-17-45(41)56)20-24-38(52)39-25-21-37(33-53(39)58)35-23-27-49-51(31-35)57-46-18-8-4-14-42(46)55(49)43-15-5-9-19-47(43)57/h2-9,12-27,30-33,54-57H,1,10-11,28-29H2. The molecular weight excluding hydrogens is 697 g/mol. The highest BCUT2D eigenvalue weighted by atomic mass is 14.5. The van der Waals surface area contributed by atoms with Crippen molar-refractivity contribution in [1.29, 1.82) is 0 Å². The van der Waals surface area contributed by atoms with Crippen molar-refractivity contribution in [3.63, 3.8) is 0 Å². The molecule has 0 atom stereocenters. The maximum atomic E-state index is 2.61. The fourth-order valence-electron chi connectivity index (χ4n) is 13.2. The van der Waals surface area contributed by atoms with Crippen molar-refractivity contribution in [1.82, 2.24) is 0 Å². The first-order valence-corrected chi connectivity index (χ1v) is 21.7. The third kappa shape index (κ3) is 4.01. The van der Waals surface area contributed by atoms with Gasteiger partial charge in [0.05, 0.1) is 0 Å². The van der Waals surface area contributed by atoms with E-state index in [4.69, 9.17) is 0 Å². The molecule has 0 aromatic heterocycles. The Balaban J connectivity index is 0.870. The van der Waals surface area contributed by atoms with Crippen LogP contribution in [0.3, 0.4) is 0 Å². The SMILES string of the molecule is c1ccc2c(c1)C1c3ccccc3C2c2cc(-c3ccc4c(c3)C3(CCCCC3)c3cc(-c5ccc6c(c5)C5c7ccccc7C6c6ccccc65)ccc3-4)ccc21. The molecule has 8 aromatic carbocycles. The van der Waals surface area contributed by atoms with Crippen LogP contribution >= 0.6 is 0 Å². The summed E-state index contributed by atoms with van der Waals surface area (Å²) in [5, 5.41) is 0. The Bertz CT molecular complexity index is 2780. The Morgan fingerprint density at radius 2 is 0.569 bits per heavy atom. The summed E-state index contributed by atoms with van der Waals surface area (Å²) in [5.74, 6) is 1.20. The molecule has 1 saturated carbocycles. The molecule has 274 valence electrons. The molecule has 0 aliphatic heterocycles. The molecule has 0 N–H and O–H groups in total. The van der Waals surface area contributed by atoms with Crippen molar-refractivity contribution in [3.05, 3.63) is 248 Å². The van der Waals surface area contributed by atoms with Crippen LogP contribution in [0.5, 0.6) is 0 Å². The van der Waals surface area contributed by atoms with Crippen LogP contribution in [0, 0.1) is 0 Å². The molecule has 58 heavy (non-hydrogen) atoms. The van der Waals surface area contributed by atoms with Crippen molar-refractivity contribution < 1.29 is 0 Å². The molecular formula is C58H42. The largest absolute Gasteiger partial charge is 0.0619 e. The predicted molar refractivity (Wildman–Crippen MR) is 236 cm³/mol. The summed E-state index contributed by atoms with van der Waals surface area (Å²) in [6.07, 6.45) is 6.36. The van der Waals surface area contributed by atoms with E-state index in [0.29, 0.717) is 11.8 Å². The van der Waals surface area contributed by atoms with E-state index in [9.17, 15) is 0 Å². The summed E-state index contributed by atoms with van der Waals surface area (Å²) in [7, 11) is 0. The summed E-state index contributed by atoms with van der Waals surface area (Å²) >= 11 is 0. The second-order valence-corrected chi connectivity index (χ2v) is 18.1. The number of hydrogen-bond acceptors (Lipinski definition) is 0. The van der Waals surface area contributed by atoms with Crippen LogP contribution in [0.15, 0.2) is 170 Å². The molecule has 8 aliphatic rings. The molecule has 0 nitrogen and oxygen atoms in total. The monoisotopic (exact) mass is 738 g/mol. The fraction of sp³-hybridized carbons (Fsp3) is 0.172. The molecule has 1 spiro atoms. The van der Waals surface area contributed by atoms with E-state index in [1.54, 1.807) is 11.1 Å². The average molecular weight is 739 g/mol. The summed E-state index contributed by atoms with van der Waals surface area (Å²) in [6.45, 7) is 0. The van der Waals surface area contributed by atoms with Crippen LogP contribution < -0.4 is 0 Å². The van der Waals surface area contributed by atoms with Gasteiger partial charge in [-0.3, -0.25) is 0 Å². The Morgan fingerprint density at radius 1 is 0.276 bits per heavy atom. The zero-order valence-electron chi connectivity index (χ0n) is 32.5. The maximum Gasteiger partial charge on any atom is 0.0349 e. The minimum absolute atomic E-state index is 0.0608. The van der Waals surface area contributed by atoms with Crippen molar-refractivity contribution in [2.45, 2.75) is 61.2 Å². The van der Waals surface area contributed by atoms with E-state index < -0.39 is 0 Å². The molecule has 8 aromatic rings. The van der Waals surface area contributed by atoms with E-state index in [1.807, 2.05) is 0 Å². The highest BCUT2D eigenvalue weighted by molar-refractivity contribution is 5.87. The molecule has 4 bridgehead atoms. The summed E-state index contributed by atoms with van der Waals surface area (Å²) in [5.41, 5.74) is 29.3. The van der Waals surface area contributed by atoms with Gasteiger partial charge in [0.15, 0.2) is 0 Å². The topological polar surface area (TPSA) is 0 Å². The number of hydrogen-bond donors (Lipinski definition) is 0. The van der Waals surface area contributed by atoms with Gasteiger partial charge in [-0.2, -0.15) is 0 Å². The van der Waals surface area contributed by atoms with Crippen molar-refractivity contribution in [2.24, 2.45) is 0 Å². The van der Waals surface area contributed by atoms with Gasteiger partial charge < -0.3 is 0 Å². The van der Waals surface area contributed by atoms with Crippen molar-refractivity contribution in [3.8, 4) is 33.4 Å². The van der Waals surface area contributed by atoms with Gasteiger partial charge in [0.1, 0.15) is 0 Å². The Morgan fingerprint density at radius 3 is 0.931 bits per heavy atom. The van der Waals surface area contributed by atoms with Gasteiger partial charge in [-0.1, -0.05) is 165 Å². The summed E-state index contributed by atoms with van der Waals surface area (Å²) < 4.78 is 0. The average Bonchev–Trinajstić information content (AvgIpc) is 3.55. The van der Waals surface area contributed by atoms with Crippen LogP contribution in [-0.2, 0) is 5.41 Å². The van der Waals surface area contributed by atoms with Gasteiger partial charge in [0.25, 0.3) is 0 Å². The molecule has 0 saturated heterocycles. The first-order chi connectivity index (χ1) is 28.7. The van der Waals surface area contributed by atoms with Crippen LogP contribution in [0.4, 0.5) is 0 Å². The Labute approximate surface area is 340 Å². The zero-order chi connectivity index (χ0) is 37.7. The van der Waals surface area contributed by atoms with Gasteiger partial charge in [-0.15, -0.1) is 0 Å². The first kappa shape index (κ1) is 31.8. The normalized spacial score (nSPS) is 21.2. The van der Waals surface area contributed by atoms with Gasteiger partial charge in [-0.05, 0) is 148 Å². The molecule has 8 aliphatic carbocycles. The van der Waals surface area contributed by atoms with Gasteiger partial charge in [0, 0.05) is 29.1 Å². The Kier molecular flexibility index (Phi) is 6.28. The number of fused-ring (bicyclic) bond motifs is 5. The molecule has 0 radical (unpaired) electrons. The third-order valence-corrected chi connectivity index (χ3v) is 15.6. The predicted octanol–water partition coefficient (Wildman–Crippen LogP) is 14.2. The lowest BCUT2D eigenvalue weighted by molar-refractivity contribution is 0.353. The van der Waals surface area contributed by atoms with Crippen LogP contribution in [0.25, 0.3) is 33.4 Å². The smallest absolute Gasteiger partial charge is 0.0349 e. The molecule has 0 amide bonds. The summed E-state index contributed by atoms with van der Waals surface area (Å²) in [6, 6.07) is 66.6. The maximum absolute atomic E-state index is 2.61. The van der Waals surface area contributed by atoms with Gasteiger partial charge >= 0.3 is 0 Å². The molecule has 0 heterocycles. The highest BCUT2D eigenvalue weighted by Gasteiger charge is 2.46. The first-order valence-electron chi connectivity index (χ1n) is 21.7. The van der Waals surface area contributed by atoms with Crippen molar-refractivity contribution in [2.75, 3.05) is 0 Å². The minimum Gasteiger partial charge on any atom is -0.0619 e. The Hall–Kier alpha value is -6.24. The molecule has 16 rings (SSSR count). The van der Waals surface area contributed by atoms with Crippen LogP contribution in [0.2, 0.25) is 0 Å². The lowest BCUT2D eigenvalue weighted by Crippen LogP contribution is -2.28. The van der Waals surface area contributed by atoms with Crippen LogP contribution in [0.1, 0.15) is 134 Å². The third-order valence-electron chi connectivity index (χ3n) is 15.6. The molecule has 1 fully saturated rings. The highest BCUT2D eigenvalue weighted by Crippen LogP contribution is 2.60. The lowest BCUT2D eigenvalue weighted by atomic mass is 9.61. The zero-order valence-corrected chi connectivity index (χ0v) is 32.5.